The number of hydrogen-bond donors (Lipinski definition) is 1. The summed E-state index contributed by atoms with van der Waals surface area (Å²) in [4.78, 5) is 11.8. The third-order valence-corrected chi connectivity index (χ3v) is 3.56. The number of nitrogens with one attached hydrogen (secondary N) is 1. The molecule has 0 aliphatic heterocycles. The average molecular weight is 347 g/mol. The highest BCUT2D eigenvalue weighted by Gasteiger charge is 2.04. The number of aryl methyl sites for hydroxylation is 2. The lowest BCUT2D eigenvalue weighted by atomic mass is 10.1. The molecule has 0 saturated heterocycles. The lowest BCUT2D eigenvalue weighted by molar-refractivity contribution is -0.123. The van der Waals surface area contributed by atoms with Crippen LogP contribution in [-0.4, -0.2) is 25.8 Å². The van der Waals surface area contributed by atoms with Gasteiger partial charge in [0.1, 0.15) is 11.5 Å². The van der Waals surface area contributed by atoms with E-state index in [1.807, 2.05) is 32.0 Å². The zero-order valence-corrected chi connectivity index (χ0v) is 14.6. The van der Waals surface area contributed by atoms with E-state index in [1.165, 1.54) is 6.21 Å². The van der Waals surface area contributed by atoms with Crippen LogP contribution in [0.3, 0.4) is 0 Å². The first-order valence-electron chi connectivity index (χ1n) is 7.35. The molecule has 0 heterocycles. The number of benzene rings is 2. The molecule has 24 heavy (non-hydrogen) atoms. The van der Waals surface area contributed by atoms with Crippen molar-refractivity contribution in [2.45, 2.75) is 13.8 Å². The minimum absolute atomic E-state index is 0.107. The van der Waals surface area contributed by atoms with Crippen molar-refractivity contribution in [1.82, 2.24) is 5.43 Å². The lowest BCUT2D eigenvalue weighted by Crippen LogP contribution is -2.24. The number of hydrazone groups is 1. The quantitative estimate of drug-likeness (QED) is 0.643. The molecule has 0 fully saturated rings. The van der Waals surface area contributed by atoms with Gasteiger partial charge in [-0.3, -0.25) is 4.79 Å². The zero-order valence-electron chi connectivity index (χ0n) is 13.8. The summed E-state index contributed by atoms with van der Waals surface area (Å²) in [6.45, 7) is 3.83. The first kappa shape index (κ1) is 17.8. The topological polar surface area (TPSA) is 59.9 Å². The highest BCUT2D eigenvalue weighted by atomic mass is 35.5. The van der Waals surface area contributed by atoms with Crippen LogP contribution in [0.1, 0.15) is 16.7 Å². The number of nitrogens with zero attached hydrogens (tertiary/aromatic N) is 1. The first-order valence-corrected chi connectivity index (χ1v) is 7.73. The molecule has 0 aliphatic carbocycles. The monoisotopic (exact) mass is 346 g/mol. The molecule has 0 bridgehead atoms. The molecule has 6 heteroatoms. The van der Waals surface area contributed by atoms with Crippen LogP contribution in [0, 0.1) is 13.8 Å². The molecule has 0 aliphatic rings. The van der Waals surface area contributed by atoms with E-state index in [-0.39, 0.29) is 12.5 Å². The van der Waals surface area contributed by atoms with Gasteiger partial charge in [0, 0.05) is 0 Å². The molecule has 2 aromatic rings. The number of hydrogen-bond acceptors (Lipinski definition) is 4. The van der Waals surface area contributed by atoms with Gasteiger partial charge in [-0.1, -0.05) is 29.3 Å². The summed E-state index contributed by atoms with van der Waals surface area (Å²) in [5, 5.41) is 4.36. The number of ether oxygens (including phenoxy) is 2. The molecule has 1 N–H and O–H groups in total. The normalized spacial score (nSPS) is 10.7. The average Bonchev–Trinajstić information content (AvgIpc) is 2.54. The van der Waals surface area contributed by atoms with E-state index in [4.69, 9.17) is 21.1 Å². The van der Waals surface area contributed by atoms with Crippen molar-refractivity contribution in [3.8, 4) is 11.5 Å². The van der Waals surface area contributed by atoms with E-state index in [0.717, 1.165) is 16.7 Å². The molecule has 0 unspecified atom stereocenters. The second-order valence-electron chi connectivity index (χ2n) is 5.24. The fourth-order valence-corrected chi connectivity index (χ4v) is 2.34. The van der Waals surface area contributed by atoms with Crippen LogP contribution in [0.2, 0.25) is 5.02 Å². The van der Waals surface area contributed by atoms with Gasteiger partial charge >= 0.3 is 0 Å². The molecule has 1 amide bonds. The first-order chi connectivity index (χ1) is 11.5. The number of rotatable bonds is 6. The third-order valence-electron chi connectivity index (χ3n) is 3.27. The second kappa shape index (κ2) is 8.36. The smallest absolute Gasteiger partial charge is 0.277 e. The number of carbonyl (C=O) groups excluding carboxylic acids is 1. The van der Waals surface area contributed by atoms with Gasteiger partial charge in [-0.15, -0.1) is 0 Å². The van der Waals surface area contributed by atoms with Crippen molar-refractivity contribution in [3.63, 3.8) is 0 Å². The van der Waals surface area contributed by atoms with Gasteiger partial charge in [0.05, 0.1) is 18.3 Å². The highest BCUT2D eigenvalue weighted by molar-refractivity contribution is 6.32. The Kier molecular flexibility index (Phi) is 6.21. The van der Waals surface area contributed by atoms with Crippen LogP contribution in [-0.2, 0) is 4.79 Å². The fraction of sp³-hybridized carbons (Fsp3) is 0.222. The zero-order chi connectivity index (χ0) is 17.5. The van der Waals surface area contributed by atoms with Gasteiger partial charge < -0.3 is 9.47 Å². The Morgan fingerprint density at radius 2 is 1.96 bits per heavy atom. The summed E-state index contributed by atoms with van der Waals surface area (Å²) in [6.07, 6.45) is 1.50. The standard InChI is InChI=1S/C18H19ClN2O3/c1-12-4-6-16(13(2)8-12)24-11-18(22)21-20-10-14-5-7-17(23-3)15(19)9-14/h4-10H,11H2,1-3H3,(H,21,22). The van der Waals surface area contributed by atoms with Gasteiger partial charge in [0.2, 0.25) is 0 Å². The fourth-order valence-electron chi connectivity index (χ4n) is 2.08. The lowest BCUT2D eigenvalue weighted by Gasteiger charge is -2.08. The van der Waals surface area contributed by atoms with Crippen molar-refractivity contribution in [1.29, 1.82) is 0 Å². The molecule has 0 saturated carbocycles. The van der Waals surface area contributed by atoms with Crippen molar-refractivity contribution in [2.75, 3.05) is 13.7 Å². The van der Waals surface area contributed by atoms with E-state index in [1.54, 1.807) is 25.3 Å². The van der Waals surface area contributed by atoms with Crippen LogP contribution in [0.5, 0.6) is 11.5 Å². The van der Waals surface area contributed by atoms with Crippen LogP contribution in [0.25, 0.3) is 0 Å². The predicted molar refractivity (Wildman–Crippen MR) is 95.2 cm³/mol. The third kappa shape index (κ3) is 4.99. The summed E-state index contributed by atoms with van der Waals surface area (Å²) in [6, 6.07) is 11.0. The van der Waals surface area contributed by atoms with Gasteiger partial charge in [-0.05, 0) is 49.2 Å². The minimum atomic E-state index is -0.342. The minimum Gasteiger partial charge on any atom is -0.495 e. The van der Waals surface area contributed by atoms with Gasteiger partial charge in [0.15, 0.2) is 6.61 Å². The Labute approximate surface area is 146 Å². The Morgan fingerprint density at radius 3 is 2.62 bits per heavy atom. The van der Waals surface area contributed by atoms with E-state index >= 15 is 0 Å². The number of halogens is 1. The largest absolute Gasteiger partial charge is 0.495 e. The van der Waals surface area contributed by atoms with Gasteiger partial charge in [-0.2, -0.15) is 5.10 Å². The Balaban J connectivity index is 1.85. The second-order valence-corrected chi connectivity index (χ2v) is 5.65. The summed E-state index contributed by atoms with van der Waals surface area (Å²) in [7, 11) is 1.55. The molecule has 2 aromatic carbocycles. The summed E-state index contributed by atoms with van der Waals surface area (Å²) >= 11 is 6.02. The molecule has 0 radical (unpaired) electrons. The number of carbonyl (C=O) groups is 1. The Hall–Kier alpha value is -2.53. The predicted octanol–water partition coefficient (Wildman–Crippen LogP) is 3.49. The van der Waals surface area contributed by atoms with Crippen LogP contribution in [0.4, 0.5) is 0 Å². The van der Waals surface area contributed by atoms with Crippen molar-refractivity contribution in [3.05, 3.63) is 58.1 Å². The molecular formula is C18H19ClN2O3. The molecule has 2 rings (SSSR count). The molecule has 5 nitrogen and oxygen atoms in total. The van der Waals surface area contributed by atoms with E-state index in [9.17, 15) is 4.79 Å². The maximum atomic E-state index is 11.8. The Morgan fingerprint density at radius 1 is 1.21 bits per heavy atom. The van der Waals surface area contributed by atoms with Gasteiger partial charge in [-0.25, -0.2) is 5.43 Å². The molecule has 126 valence electrons. The molecule has 0 aromatic heterocycles. The maximum absolute atomic E-state index is 11.8. The summed E-state index contributed by atoms with van der Waals surface area (Å²) < 4.78 is 10.6. The SMILES string of the molecule is COc1ccc(C=NNC(=O)COc2ccc(C)cc2C)cc1Cl. The van der Waals surface area contributed by atoms with Crippen LogP contribution in [0.15, 0.2) is 41.5 Å². The van der Waals surface area contributed by atoms with Crippen molar-refractivity contribution >= 4 is 23.7 Å². The van der Waals surface area contributed by atoms with Crippen LogP contribution >= 0.6 is 11.6 Å². The van der Waals surface area contributed by atoms with E-state index < -0.39 is 0 Å². The Bertz CT molecular complexity index is 760. The number of methoxy groups -OCH3 is 1. The van der Waals surface area contributed by atoms with Crippen molar-refractivity contribution in [2.24, 2.45) is 5.10 Å². The highest BCUT2D eigenvalue weighted by Crippen LogP contribution is 2.24. The van der Waals surface area contributed by atoms with E-state index in [2.05, 4.69) is 10.5 Å². The van der Waals surface area contributed by atoms with Crippen molar-refractivity contribution < 1.29 is 14.3 Å². The molecular weight excluding hydrogens is 328 g/mol. The number of amides is 1. The van der Waals surface area contributed by atoms with Crippen LogP contribution < -0.4 is 14.9 Å². The molecule has 0 spiro atoms. The summed E-state index contributed by atoms with van der Waals surface area (Å²) in [5.41, 5.74) is 5.29. The van der Waals surface area contributed by atoms with E-state index in [0.29, 0.717) is 16.5 Å². The summed E-state index contributed by atoms with van der Waals surface area (Å²) in [5.74, 6) is 0.923. The van der Waals surface area contributed by atoms with Gasteiger partial charge in [0.25, 0.3) is 5.91 Å². The maximum Gasteiger partial charge on any atom is 0.277 e. The molecule has 0 atom stereocenters.